The summed E-state index contributed by atoms with van der Waals surface area (Å²) in [6.07, 6.45) is 7.98. The number of aliphatic hydroxyl groups excluding tert-OH is 1. The number of carboxylic acids is 1. The van der Waals surface area contributed by atoms with Gasteiger partial charge in [0.2, 0.25) is 0 Å². The van der Waals surface area contributed by atoms with Gasteiger partial charge in [-0.2, -0.15) is 0 Å². The molecule has 6 nitrogen and oxygen atoms in total. The van der Waals surface area contributed by atoms with Crippen LogP contribution >= 0.6 is 0 Å². The highest BCUT2D eigenvalue weighted by Gasteiger charge is 2.45. The third-order valence-electron chi connectivity index (χ3n) is 6.08. The smallest absolute Gasteiger partial charge is 0.327 e. The minimum Gasteiger partial charge on any atom is -0.478 e. The summed E-state index contributed by atoms with van der Waals surface area (Å²) in [6.45, 7) is 7.06. The van der Waals surface area contributed by atoms with Crippen LogP contribution in [0.2, 0.25) is 0 Å². The van der Waals surface area contributed by atoms with Crippen molar-refractivity contribution in [2.45, 2.75) is 65.1 Å². The zero-order valence-corrected chi connectivity index (χ0v) is 16.0. The van der Waals surface area contributed by atoms with E-state index in [1.807, 2.05) is 0 Å². The van der Waals surface area contributed by atoms with Crippen molar-refractivity contribution in [2.75, 3.05) is 13.2 Å². The summed E-state index contributed by atoms with van der Waals surface area (Å²) in [4.78, 5) is 22.0. The molecule has 0 bridgehead atoms. The normalized spacial score (nSPS) is 29.5. The van der Waals surface area contributed by atoms with Crippen LogP contribution in [0.25, 0.3) is 0 Å². The van der Waals surface area contributed by atoms with Gasteiger partial charge in [-0.15, -0.1) is 0 Å². The van der Waals surface area contributed by atoms with Crippen LogP contribution in [0.1, 0.15) is 52.9 Å². The highest BCUT2D eigenvalue weighted by molar-refractivity contribution is 5.80. The van der Waals surface area contributed by atoms with E-state index in [0.29, 0.717) is 18.4 Å². The monoisotopic (exact) mass is 368 g/mol. The Labute approximate surface area is 155 Å². The molecule has 2 heterocycles. The predicted octanol–water partition coefficient (Wildman–Crippen LogP) is 2.79. The van der Waals surface area contributed by atoms with E-state index in [4.69, 9.17) is 19.7 Å². The van der Waals surface area contributed by atoms with Gasteiger partial charge in [0.05, 0.1) is 19.3 Å². The molecule has 0 radical (unpaired) electrons. The minimum atomic E-state index is -0.921. The summed E-state index contributed by atoms with van der Waals surface area (Å²) < 4.78 is 10.5. The number of carboxylic acid groups (broad SMARTS) is 1. The Morgan fingerprint density at radius 3 is 2.62 bits per heavy atom. The number of epoxide rings is 1. The lowest BCUT2D eigenvalue weighted by atomic mass is 9.71. The fourth-order valence-electron chi connectivity index (χ4n) is 3.91. The Hall–Kier alpha value is -1.40. The molecule has 2 aliphatic rings. The van der Waals surface area contributed by atoms with Crippen molar-refractivity contribution < 1.29 is 29.3 Å². The molecule has 0 aromatic carbocycles. The first-order valence-corrected chi connectivity index (χ1v) is 9.63. The lowest BCUT2D eigenvalue weighted by molar-refractivity contribution is -0.189. The van der Waals surface area contributed by atoms with Crippen molar-refractivity contribution in [1.82, 2.24) is 0 Å². The number of aliphatic carboxylic acids is 1. The highest BCUT2D eigenvalue weighted by atomic mass is 16.6. The number of ether oxygens (including phenoxy) is 2. The van der Waals surface area contributed by atoms with E-state index in [0.717, 1.165) is 32.1 Å². The first-order valence-electron chi connectivity index (χ1n) is 9.63. The van der Waals surface area contributed by atoms with Crippen LogP contribution in [0.15, 0.2) is 12.2 Å². The number of cyclic esters (lactones) is 1. The summed E-state index contributed by atoms with van der Waals surface area (Å²) in [7, 11) is 0. The average molecular weight is 368 g/mol. The number of carbonyl (C=O) groups is 2. The van der Waals surface area contributed by atoms with Crippen LogP contribution in [-0.4, -0.2) is 47.6 Å². The van der Waals surface area contributed by atoms with E-state index < -0.39 is 5.97 Å². The van der Waals surface area contributed by atoms with Gasteiger partial charge in [0, 0.05) is 11.5 Å². The molecule has 2 aliphatic heterocycles. The van der Waals surface area contributed by atoms with Gasteiger partial charge in [-0.25, -0.2) is 4.79 Å². The van der Waals surface area contributed by atoms with Crippen LogP contribution in [0.5, 0.6) is 0 Å². The molecular formula is C20H32O6. The van der Waals surface area contributed by atoms with E-state index in [1.54, 1.807) is 6.08 Å². The van der Waals surface area contributed by atoms with E-state index in [-0.39, 0.29) is 36.1 Å². The Balaban J connectivity index is 1.71. The standard InChI is InChI=1S/C20H32O6/c1-13(6-4-5-7-16-15(11-21)19(24)26-16)10-14(2)20(3,17-12-25-17)9-8-18(22)23/h8-9,13-17,21H,4-7,10-12H2,1-3H3,(H,22,23)/b9-8+. The van der Waals surface area contributed by atoms with Crippen LogP contribution < -0.4 is 0 Å². The third kappa shape index (κ3) is 5.30. The summed E-state index contributed by atoms with van der Waals surface area (Å²) >= 11 is 0. The SMILES string of the molecule is CC(CCCCC1OC(=O)C1CO)CC(C)C(C)(/C=C/C(=O)O)C1CO1. The Morgan fingerprint density at radius 1 is 1.38 bits per heavy atom. The van der Waals surface area contributed by atoms with Gasteiger partial charge in [-0.05, 0) is 31.1 Å². The fraction of sp³-hybridized carbons (Fsp3) is 0.800. The van der Waals surface area contributed by atoms with Gasteiger partial charge in [0.25, 0.3) is 0 Å². The summed E-state index contributed by atoms with van der Waals surface area (Å²) in [5.41, 5.74) is -0.249. The van der Waals surface area contributed by atoms with Crippen molar-refractivity contribution >= 4 is 11.9 Å². The Morgan fingerprint density at radius 2 is 2.08 bits per heavy atom. The topological polar surface area (TPSA) is 96.4 Å². The lowest BCUT2D eigenvalue weighted by Crippen LogP contribution is -2.47. The number of unbranched alkanes of at least 4 members (excludes halogenated alkanes) is 1. The van der Waals surface area contributed by atoms with E-state index in [2.05, 4.69) is 20.8 Å². The van der Waals surface area contributed by atoms with Crippen molar-refractivity contribution in [3.63, 3.8) is 0 Å². The molecule has 0 aromatic rings. The summed E-state index contributed by atoms with van der Waals surface area (Å²) in [5, 5.41) is 18.1. The number of rotatable bonds is 12. The molecule has 0 aliphatic carbocycles. The van der Waals surface area contributed by atoms with Gasteiger partial charge in [0.15, 0.2) is 0 Å². The second kappa shape index (κ2) is 9.00. The average Bonchev–Trinajstić information content (AvgIpc) is 3.40. The zero-order chi connectivity index (χ0) is 19.3. The van der Waals surface area contributed by atoms with Gasteiger partial charge in [-0.1, -0.05) is 39.7 Å². The van der Waals surface area contributed by atoms with Crippen molar-refractivity contribution in [3.05, 3.63) is 12.2 Å². The van der Waals surface area contributed by atoms with E-state index in [9.17, 15) is 9.59 Å². The molecule has 6 unspecified atom stereocenters. The van der Waals surface area contributed by atoms with Gasteiger partial charge < -0.3 is 19.7 Å². The molecule has 0 amide bonds. The molecule has 2 fully saturated rings. The van der Waals surface area contributed by atoms with Gasteiger partial charge >= 0.3 is 11.9 Å². The minimum absolute atomic E-state index is 0.113. The van der Waals surface area contributed by atoms with Crippen LogP contribution in [0.4, 0.5) is 0 Å². The van der Waals surface area contributed by atoms with Crippen LogP contribution in [0, 0.1) is 23.2 Å². The molecule has 0 aromatic heterocycles. The number of aliphatic hydroxyl groups is 1. The number of esters is 1. The molecule has 0 saturated carbocycles. The molecule has 2 rings (SSSR count). The van der Waals surface area contributed by atoms with Crippen molar-refractivity contribution in [1.29, 1.82) is 0 Å². The summed E-state index contributed by atoms with van der Waals surface area (Å²) in [5.74, 6) is -0.677. The second-order valence-corrected chi connectivity index (χ2v) is 8.15. The lowest BCUT2D eigenvalue weighted by Gasteiger charge is -2.34. The molecule has 148 valence electrons. The third-order valence-corrected chi connectivity index (χ3v) is 6.08. The molecular weight excluding hydrogens is 336 g/mol. The first-order chi connectivity index (χ1) is 12.3. The van der Waals surface area contributed by atoms with Gasteiger partial charge in [-0.3, -0.25) is 4.79 Å². The van der Waals surface area contributed by atoms with Crippen LogP contribution in [0.3, 0.4) is 0 Å². The van der Waals surface area contributed by atoms with E-state index >= 15 is 0 Å². The summed E-state index contributed by atoms with van der Waals surface area (Å²) in [6, 6.07) is 0. The number of hydrogen-bond donors (Lipinski definition) is 2. The van der Waals surface area contributed by atoms with E-state index in [1.165, 1.54) is 6.08 Å². The molecule has 6 heteroatoms. The van der Waals surface area contributed by atoms with Crippen LogP contribution in [-0.2, 0) is 19.1 Å². The maximum Gasteiger partial charge on any atom is 0.327 e. The number of carbonyl (C=O) groups excluding carboxylic acids is 1. The van der Waals surface area contributed by atoms with Crippen molar-refractivity contribution in [3.8, 4) is 0 Å². The first kappa shape index (κ1) is 20.9. The van der Waals surface area contributed by atoms with Gasteiger partial charge in [0.1, 0.15) is 12.0 Å². The largest absolute Gasteiger partial charge is 0.478 e. The molecule has 26 heavy (non-hydrogen) atoms. The fourth-order valence-corrected chi connectivity index (χ4v) is 3.91. The molecule has 6 atom stereocenters. The number of hydrogen-bond acceptors (Lipinski definition) is 5. The van der Waals surface area contributed by atoms with Crippen molar-refractivity contribution in [2.24, 2.45) is 23.2 Å². The molecule has 2 N–H and O–H groups in total. The maximum atomic E-state index is 11.1. The Kier molecular flexibility index (Phi) is 7.24. The quantitative estimate of drug-likeness (QED) is 0.238. The molecule has 0 spiro atoms. The zero-order valence-electron chi connectivity index (χ0n) is 16.0. The second-order valence-electron chi connectivity index (χ2n) is 8.15. The predicted molar refractivity (Wildman–Crippen MR) is 96.5 cm³/mol. The maximum absolute atomic E-state index is 11.1. The molecule has 2 saturated heterocycles. The highest BCUT2D eigenvalue weighted by Crippen LogP contribution is 2.43. The Bertz CT molecular complexity index is 526.